The van der Waals surface area contributed by atoms with Crippen molar-refractivity contribution in [1.82, 2.24) is 29.7 Å². The zero-order valence-corrected chi connectivity index (χ0v) is 34.6. The Bertz CT molecular complexity index is 2140. The number of nitrogens with one attached hydrogen (secondary N) is 1. The zero-order valence-electron chi connectivity index (χ0n) is 33.0. The Morgan fingerprint density at radius 3 is 1.65 bits per heavy atom. The second-order valence-electron chi connectivity index (χ2n) is 14.9. The van der Waals surface area contributed by atoms with E-state index in [1.807, 2.05) is 66.9 Å². The van der Waals surface area contributed by atoms with Crippen molar-refractivity contribution in [2.24, 2.45) is 17.6 Å². The molecule has 2 fully saturated rings. The highest BCUT2D eigenvalue weighted by atomic mass is 79.9. The third-order valence-corrected chi connectivity index (χ3v) is 11.0. The van der Waals surface area contributed by atoms with Crippen LogP contribution in [0, 0.1) is 11.8 Å². The molecule has 12 nitrogen and oxygen atoms in total. The number of aromatic nitrogens is 4. The van der Waals surface area contributed by atoms with Crippen molar-refractivity contribution in [3.05, 3.63) is 113 Å². The minimum atomic E-state index is 0.554. The van der Waals surface area contributed by atoms with Crippen molar-refractivity contribution in [1.29, 1.82) is 0 Å². The van der Waals surface area contributed by atoms with Gasteiger partial charge in [0.25, 0.3) is 0 Å². The fourth-order valence-corrected chi connectivity index (χ4v) is 7.06. The van der Waals surface area contributed by atoms with Gasteiger partial charge in [-0.2, -0.15) is 0 Å². The number of ether oxygens (including phenoxy) is 2. The molecule has 8 rings (SSSR count). The Balaban J connectivity index is 0.000000160. The summed E-state index contributed by atoms with van der Waals surface area (Å²) < 4.78 is 12.6. The number of nitrogen functional groups attached to an aromatic ring is 2. The molecule has 2 aliphatic rings. The highest BCUT2D eigenvalue weighted by Crippen LogP contribution is 2.23. The van der Waals surface area contributed by atoms with Gasteiger partial charge in [0.15, 0.2) is 0 Å². The summed E-state index contributed by atoms with van der Waals surface area (Å²) in [4.78, 5) is 21.5. The summed E-state index contributed by atoms with van der Waals surface area (Å²) in [6.07, 6.45) is 11.9. The van der Waals surface area contributed by atoms with E-state index in [4.69, 9.17) is 26.7 Å². The van der Waals surface area contributed by atoms with Crippen molar-refractivity contribution in [2.75, 3.05) is 70.3 Å². The highest BCUT2D eigenvalue weighted by Gasteiger charge is 2.18. The first-order valence-corrected chi connectivity index (χ1v) is 20.4. The second kappa shape index (κ2) is 20.9. The summed E-state index contributed by atoms with van der Waals surface area (Å²) in [5, 5.41) is 7.57. The van der Waals surface area contributed by atoms with Gasteiger partial charge in [-0.1, -0.05) is 24.3 Å². The monoisotopic (exact) mass is 834 g/mol. The van der Waals surface area contributed by atoms with Gasteiger partial charge in [0.2, 0.25) is 11.8 Å². The van der Waals surface area contributed by atoms with Crippen LogP contribution in [0.5, 0.6) is 11.8 Å². The number of halogens is 1. The smallest absolute Gasteiger partial charge is 0.213 e. The molecule has 6 aromatic rings. The van der Waals surface area contributed by atoms with Crippen molar-refractivity contribution in [2.45, 2.75) is 38.8 Å². The Hall–Kier alpha value is -5.08. The molecule has 0 aliphatic carbocycles. The average Bonchev–Trinajstić information content (AvgIpc) is 3.24. The molecule has 0 bridgehead atoms. The summed E-state index contributed by atoms with van der Waals surface area (Å²) in [6, 6.07) is 23.9. The van der Waals surface area contributed by atoms with Gasteiger partial charge >= 0.3 is 0 Å². The van der Waals surface area contributed by atoms with E-state index < -0.39 is 0 Å². The first kappa shape index (κ1) is 41.6. The van der Waals surface area contributed by atoms with Gasteiger partial charge in [-0.05, 0) is 152 Å². The molecule has 0 amide bonds. The predicted octanol–water partition coefficient (Wildman–Crippen LogP) is 7.39. The van der Waals surface area contributed by atoms with E-state index in [1.165, 1.54) is 44.3 Å². The van der Waals surface area contributed by atoms with Crippen LogP contribution in [0.3, 0.4) is 0 Å². The number of benzene rings is 2. The molecular formula is C44H55BrN10O2. The molecule has 7 N–H and O–H groups in total. The van der Waals surface area contributed by atoms with Gasteiger partial charge in [0.05, 0.1) is 25.1 Å². The summed E-state index contributed by atoms with van der Waals surface area (Å²) in [7, 11) is 4.35. The van der Waals surface area contributed by atoms with Crippen molar-refractivity contribution < 1.29 is 9.47 Å². The van der Waals surface area contributed by atoms with E-state index in [9.17, 15) is 0 Å². The maximum absolute atomic E-state index is 5.91. The van der Waals surface area contributed by atoms with E-state index in [0.717, 1.165) is 76.0 Å². The highest BCUT2D eigenvalue weighted by molar-refractivity contribution is 9.10. The number of piperidine rings is 2. The van der Waals surface area contributed by atoms with E-state index in [2.05, 4.69) is 77.2 Å². The Labute approximate surface area is 344 Å². The standard InChI is InChI=1S/C22H27N5O.C12H17BrN2O.C10H11N3/c1-27-10-7-16(8-11-27)15-28-21-5-3-19(14-26-21)25-13-17-2-4-20-18(12-17)6-9-24-22(20)23;1-15-6-4-10(5-7-15)9-16-12-3-2-11(13)8-14-12;11-6-7-1-2-9-8(5-7)3-4-13-10(9)12/h2-6,9,12,14,16,25H,7-8,10-11,13,15H2,1H3,(H2,23,24);2-3,8,10H,4-7,9H2,1H3;1-5H,6,11H2,(H2,12,13). The molecule has 13 heteroatoms. The number of hydrogen-bond donors (Lipinski definition) is 4. The Kier molecular flexibility index (Phi) is 15.2. The van der Waals surface area contributed by atoms with Crippen LogP contribution in [-0.2, 0) is 13.1 Å². The minimum absolute atomic E-state index is 0.554. The lowest BCUT2D eigenvalue weighted by Crippen LogP contribution is -2.32. The number of nitrogens with two attached hydrogens (primary N) is 3. The third-order valence-electron chi connectivity index (χ3n) is 10.5. The normalized spacial score (nSPS) is 15.3. The van der Waals surface area contributed by atoms with Gasteiger partial charge in [-0.3, -0.25) is 0 Å². The molecule has 0 spiro atoms. The fraction of sp³-hybridized carbons (Fsp3) is 0.364. The molecule has 300 valence electrons. The maximum atomic E-state index is 5.91. The van der Waals surface area contributed by atoms with Crippen LogP contribution >= 0.6 is 15.9 Å². The summed E-state index contributed by atoms with van der Waals surface area (Å²) in [5.41, 5.74) is 20.4. The zero-order chi connectivity index (χ0) is 40.0. The lowest BCUT2D eigenvalue weighted by molar-refractivity contribution is 0.157. The lowest BCUT2D eigenvalue weighted by Gasteiger charge is -2.28. The van der Waals surface area contributed by atoms with E-state index in [1.54, 1.807) is 18.6 Å². The molecule has 0 unspecified atom stereocenters. The quantitative estimate of drug-likeness (QED) is 0.108. The number of likely N-dealkylation sites (tertiary alicyclic amines) is 2. The molecule has 0 radical (unpaired) electrons. The van der Waals surface area contributed by atoms with Crippen molar-refractivity contribution in [3.8, 4) is 11.8 Å². The summed E-state index contributed by atoms with van der Waals surface area (Å²) in [6.45, 7) is 7.49. The van der Waals surface area contributed by atoms with Crippen molar-refractivity contribution in [3.63, 3.8) is 0 Å². The number of fused-ring (bicyclic) bond motifs is 2. The van der Waals surface area contributed by atoms with E-state index in [-0.39, 0.29) is 0 Å². The number of pyridine rings is 4. The van der Waals surface area contributed by atoms with Crippen LogP contribution in [0.4, 0.5) is 17.3 Å². The lowest BCUT2D eigenvalue weighted by atomic mass is 9.98. The summed E-state index contributed by atoms with van der Waals surface area (Å²) >= 11 is 3.36. The van der Waals surface area contributed by atoms with Gasteiger partial charge < -0.3 is 41.8 Å². The molecule has 57 heavy (non-hydrogen) atoms. The Morgan fingerprint density at radius 2 is 1.16 bits per heavy atom. The SMILES string of the molecule is CN1CCC(COc2ccc(Br)cn2)CC1.CN1CCC(COc2ccc(NCc3ccc4c(N)nccc4c3)cn2)CC1.NCc1ccc2c(N)nccc2c1. The van der Waals surface area contributed by atoms with Crippen LogP contribution in [0.1, 0.15) is 36.8 Å². The first-order valence-electron chi connectivity index (χ1n) is 19.6. The fourth-order valence-electron chi connectivity index (χ4n) is 6.82. The van der Waals surface area contributed by atoms with Crippen LogP contribution in [0.25, 0.3) is 21.5 Å². The molecule has 0 atom stereocenters. The van der Waals surface area contributed by atoms with Crippen LogP contribution < -0.4 is 32.0 Å². The molecule has 2 saturated heterocycles. The van der Waals surface area contributed by atoms with Crippen LogP contribution in [0.2, 0.25) is 0 Å². The minimum Gasteiger partial charge on any atom is -0.477 e. The third kappa shape index (κ3) is 12.7. The van der Waals surface area contributed by atoms with Crippen molar-refractivity contribution >= 4 is 54.8 Å². The van der Waals surface area contributed by atoms with Gasteiger partial charge in [0.1, 0.15) is 11.6 Å². The molecule has 2 aromatic carbocycles. The molecule has 0 saturated carbocycles. The number of anilines is 3. The maximum Gasteiger partial charge on any atom is 0.213 e. The second-order valence-corrected chi connectivity index (χ2v) is 15.8. The molecule has 6 heterocycles. The van der Waals surface area contributed by atoms with Gasteiger partial charge in [-0.15, -0.1) is 0 Å². The largest absolute Gasteiger partial charge is 0.477 e. The Morgan fingerprint density at radius 1 is 0.649 bits per heavy atom. The van der Waals surface area contributed by atoms with Gasteiger partial charge in [-0.25, -0.2) is 19.9 Å². The average molecular weight is 836 g/mol. The number of rotatable bonds is 10. The van der Waals surface area contributed by atoms with E-state index in [0.29, 0.717) is 35.9 Å². The molecular weight excluding hydrogens is 780 g/mol. The topological polar surface area (TPSA) is 167 Å². The van der Waals surface area contributed by atoms with Crippen LogP contribution in [0.15, 0.2) is 102 Å². The molecule has 2 aliphatic heterocycles. The predicted molar refractivity (Wildman–Crippen MR) is 235 cm³/mol. The number of nitrogens with zero attached hydrogens (tertiary/aromatic N) is 6. The van der Waals surface area contributed by atoms with Crippen LogP contribution in [-0.4, -0.2) is 83.2 Å². The molecule has 4 aromatic heterocycles. The first-order chi connectivity index (χ1) is 27.7. The van der Waals surface area contributed by atoms with E-state index >= 15 is 0 Å². The number of hydrogen-bond acceptors (Lipinski definition) is 12. The summed E-state index contributed by atoms with van der Waals surface area (Å²) in [5.74, 6) is 3.87. The van der Waals surface area contributed by atoms with Gasteiger partial charge in [0, 0.05) is 59.1 Å².